The average molecular weight is 218 g/mol. The monoisotopic (exact) mass is 217 g/mol. The molecule has 0 radical (unpaired) electrons. The van der Waals surface area contributed by atoms with Crippen molar-refractivity contribution in [3.05, 3.63) is 5.69 Å². The quantitative estimate of drug-likeness (QED) is 0.575. The topological polar surface area (TPSA) is 55.9 Å². The Morgan fingerprint density at radius 3 is 2.50 bits per heavy atom. The number of rotatable bonds is 1. The molecule has 1 aliphatic rings. The lowest BCUT2D eigenvalue weighted by Crippen LogP contribution is -3.00. The summed E-state index contributed by atoms with van der Waals surface area (Å²) in [5.74, 6) is 0.450. The molecule has 1 aromatic rings. The van der Waals surface area contributed by atoms with Crippen LogP contribution in [0.25, 0.3) is 0 Å². The van der Waals surface area contributed by atoms with Gasteiger partial charge in [-0.15, -0.1) is 0 Å². The third-order valence-corrected chi connectivity index (χ3v) is 2.85. The van der Waals surface area contributed by atoms with Gasteiger partial charge in [-0.1, -0.05) is 6.42 Å². The molecule has 80 valence electrons. The van der Waals surface area contributed by atoms with E-state index < -0.39 is 0 Å². The van der Waals surface area contributed by atoms with Gasteiger partial charge in [0.25, 0.3) is 11.6 Å². The minimum absolute atomic E-state index is 0. The molecule has 1 aromatic heterocycles. The number of hydrogen-bond donors (Lipinski definition) is 1. The number of nitrogens with zero attached hydrogens (tertiary/aromatic N) is 2. The molecule has 0 spiro atoms. The molecule has 4 nitrogen and oxygen atoms in total. The minimum atomic E-state index is 0. The highest BCUT2D eigenvalue weighted by Gasteiger charge is 2.29. The van der Waals surface area contributed by atoms with Crippen molar-refractivity contribution in [2.45, 2.75) is 45.1 Å². The van der Waals surface area contributed by atoms with Crippen LogP contribution in [-0.4, -0.2) is 5.27 Å². The second-order valence-electron chi connectivity index (χ2n) is 3.76. The standard InChI is InChI=1S/C9H16N3O.ClH/c1-7-9(10)13-11-12(7)8-5-3-2-4-6-8;/h8H,2-6,10H2,1H3;1H/q+1;/p-1. The van der Waals surface area contributed by atoms with Gasteiger partial charge in [0.15, 0.2) is 6.04 Å². The van der Waals surface area contributed by atoms with Crippen molar-refractivity contribution >= 4 is 5.88 Å². The van der Waals surface area contributed by atoms with E-state index >= 15 is 0 Å². The van der Waals surface area contributed by atoms with Gasteiger partial charge in [-0.05, 0) is 17.5 Å². The lowest BCUT2D eigenvalue weighted by molar-refractivity contribution is -0.791. The van der Waals surface area contributed by atoms with Crippen LogP contribution < -0.4 is 22.8 Å². The fourth-order valence-electron chi connectivity index (χ4n) is 1.99. The summed E-state index contributed by atoms with van der Waals surface area (Å²) in [7, 11) is 0. The average Bonchev–Trinajstić information content (AvgIpc) is 2.49. The minimum Gasteiger partial charge on any atom is -1.00 e. The smallest absolute Gasteiger partial charge is 0.296 e. The second kappa shape index (κ2) is 4.64. The molecule has 5 heteroatoms. The molecule has 1 saturated carbocycles. The summed E-state index contributed by atoms with van der Waals surface area (Å²) in [5, 5.41) is 3.96. The van der Waals surface area contributed by atoms with Crippen molar-refractivity contribution in [1.29, 1.82) is 0 Å². The lowest BCUT2D eigenvalue weighted by Gasteiger charge is -2.13. The molecule has 1 fully saturated rings. The number of nitrogen functional groups attached to an aromatic ring is 1. The first-order valence-corrected chi connectivity index (χ1v) is 4.92. The summed E-state index contributed by atoms with van der Waals surface area (Å²) in [6.07, 6.45) is 6.35. The first kappa shape index (κ1) is 11.3. The molecule has 2 N–H and O–H groups in total. The molecule has 0 bridgehead atoms. The van der Waals surface area contributed by atoms with Crippen LogP contribution in [0.15, 0.2) is 4.52 Å². The number of nitrogens with two attached hydrogens (primary N) is 1. The van der Waals surface area contributed by atoms with Crippen molar-refractivity contribution in [3.8, 4) is 0 Å². The van der Waals surface area contributed by atoms with E-state index in [2.05, 4.69) is 5.27 Å². The molecule has 0 unspecified atom stereocenters. The number of halogens is 1. The highest BCUT2D eigenvalue weighted by Crippen LogP contribution is 2.24. The highest BCUT2D eigenvalue weighted by atomic mass is 35.5. The van der Waals surface area contributed by atoms with Gasteiger partial charge in [-0.2, -0.15) is 0 Å². The molecule has 2 rings (SSSR count). The van der Waals surface area contributed by atoms with E-state index in [0.29, 0.717) is 11.9 Å². The van der Waals surface area contributed by atoms with Crippen LogP contribution >= 0.6 is 0 Å². The Kier molecular flexibility index (Phi) is 3.75. The first-order chi connectivity index (χ1) is 6.29. The maximum atomic E-state index is 5.60. The van der Waals surface area contributed by atoms with E-state index in [4.69, 9.17) is 10.3 Å². The number of anilines is 1. The van der Waals surface area contributed by atoms with Crippen molar-refractivity contribution in [2.24, 2.45) is 0 Å². The highest BCUT2D eigenvalue weighted by molar-refractivity contribution is 5.22. The summed E-state index contributed by atoms with van der Waals surface area (Å²) in [6, 6.07) is 0.509. The summed E-state index contributed by atoms with van der Waals surface area (Å²) < 4.78 is 6.88. The van der Waals surface area contributed by atoms with Crippen LogP contribution in [0.1, 0.15) is 43.8 Å². The Bertz CT molecular complexity index is 294. The summed E-state index contributed by atoms with van der Waals surface area (Å²) in [4.78, 5) is 0. The summed E-state index contributed by atoms with van der Waals surface area (Å²) in [5.41, 5.74) is 6.56. The van der Waals surface area contributed by atoms with E-state index in [9.17, 15) is 0 Å². The van der Waals surface area contributed by atoms with Crippen LogP contribution in [0, 0.1) is 6.92 Å². The normalized spacial score (nSPS) is 17.8. The molecular weight excluding hydrogens is 202 g/mol. The zero-order valence-corrected chi connectivity index (χ0v) is 9.13. The van der Waals surface area contributed by atoms with Gasteiger partial charge in [0.1, 0.15) is 0 Å². The van der Waals surface area contributed by atoms with Crippen LogP contribution in [0.5, 0.6) is 0 Å². The predicted molar refractivity (Wildman–Crippen MR) is 48.0 cm³/mol. The van der Waals surface area contributed by atoms with Crippen LogP contribution in [0.4, 0.5) is 5.88 Å². The Morgan fingerprint density at radius 1 is 1.36 bits per heavy atom. The summed E-state index contributed by atoms with van der Waals surface area (Å²) >= 11 is 0. The maximum absolute atomic E-state index is 5.60. The molecule has 0 amide bonds. The Labute approximate surface area is 89.8 Å². The molecule has 1 aliphatic carbocycles. The third kappa shape index (κ3) is 2.00. The Balaban J connectivity index is 0.000000980. The Hall–Kier alpha value is -0.770. The van der Waals surface area contributed by atoms with Crippen LogP contribution in [0.2, 0.25) is 0 Å². The van der Waals surface area contributed by atoms with Gasteiger partial charge in [-0.3, -0.25) is 4.52 Å². The maximum Gasteiger partial charge on any atom is 0.296 e. The Morgan fingerprint density at radius 2 is 2.00 bits per heavy atom. The molecule has 0 saturated heterocycles. The molecule has 0 atom stereocenters. The van der Waals surface area contributed by atoms with Crippen molar-refractivity contribution in [2.75, 3.05) is 5.73 Å². The van der Waals surface area contributed by atoms with Crippen LogP contribution in [-0.2, 0) is 0 Å². The SMILES string of the molecule is Cc1c(N)on[n+]1C1CCCCC1.[Cl-]. The zero-order valence-electron chi connectivity index (χ0n) is 8.37. The molecule has 14 heavy (non-hydrogen) atoms. The largest absolute Gasteiger partial charge is 1.00 e. The zero-order chi connectivity index (χ0) is 9.26. The van der Waals surface area contributed by atoms with Gasteiger partial charge in [0.2, 0.25) is 5.27 Å². The van der Waals surface area contributed by atoms with E-state index in [1.165, 1.54) is 32.1 Å². The molecule has 0 aliphatic heterocycles. The molecule has 1 heterocycles. The first-order valence-electron chi connectivity index (χ1n) is 4.92. The number of hydrogen-bond acceptors (Lipinski definition) is 3. The second-order valence-corrected chi connectivity index (χ2v) is 3.76. The fourth-order valence-corrected chi connectivity index (χ4v) is 1.99. The van der Waals surface area contributed by atoms with E-state index in [-0.39, 0.29) is 12.4 Å². The van der Waals surface area contributed by atoms with Gasteiger partial charge >= 0.3 is 0 Å². The molecular formula is C9H16ClN3O. The van der Waals surface area contributed by atoms with Gasteiger partial charge in [0, 0.05) is 19.8 Å². The van der Waals surface area contributed by atoms with Crippen molar-refractivity contribution in [3.63, 3.8) is 0 Å². The van der Waals surface area contributed by atoms with Crippen molar-refractivity contribution in [1.82, 2.24) is 5.27 Å². The van der Waals surface area contributed by atoms with Crippen molar-refractivity contribution < 1.29 is 21.6 Å². The van der Waals surface area contributed by atoms with E-state index in [1.54, 1.807) is 0 Å². The van der Waals surface area contributed by atoms with Gasteiger partial charge in [-0.25, -0.2) is 0 Å². The molecule has 0 aromatic carbocycles. The summed E-state index contributed by atoms with van der Waals surface area (Å²) in [6.45, 7) is 1.96. The van der Waals surface area contributed by atoms with E-state index in [1.807, 2.05) is 11.6 Å². The van der Waals surface area contributed by atoms with Gasteiger partial charge in [0.05, 0.1) is 0 Å². The third-order valence-electron chi connectivity index (χ3n) is 2.85. The fraction of sp³-hybridized carbons (Fsp3) is 0.778. The number of aromatic nitrogens is 2. The van der Waals surface area contributed by atoms with Gasteiger partial charge < -0.3 is 18.1 Å². The predicted octanol–water partition coefficient (Wildman–Crippen LogP) is -1.64. The van der Waals surface area contributed by atoms with E-state index in [0.717, 1.165) is 5.69 Å². The van der Waals surface area contributed by atoms with Crippen LogP contribution in [0.3, 0.4) is 0 Å². The lowest BCUT2D eigenvalue weighted by atomic mass is 9.95.